The molecular weight excluding hydrogens is 392 g/mol. The molecule has 1 fully saturated rings. The van der Waals surface area contributed by atoms with Crippen molar-refractivity contribution < 1.29 is 14.1 Å². The van der Waals surface area contributed by atoms with Gasteiger partial charge in [0.1, 0.15) is 17.1 Å². The van der Waals surface area contributed by atoms with Crippen LogP contribution in [0, 0.1) is 20.8 Å². The predicted octanol–water partition coefficient (Wildman–Crippen LogP) is 4.14. The molecule has 0 N–H and O–H groups in total. The van der Waals surface area contributed by atoms with Crippen LogP contribution in [0.25, 0.3) is 0 Å². The first-order valence-corrected chi connectivity index (χ1v) is 10.6. The van der Waals surface area contributed by atoms with E-state index in [-0.39, 0.29) is 5.91 Å². The van der Waals surface area contributed by atoms with Gasteiger partial charge in [-0.1, -0.05) is 22.9 Å². The van der Waals surface area contributed by atoms with Gasteiger partial charge >= 0.3 is 0 Å². The van der Waals surface area contributed by atoms with Gasteiger partial charge in [-0.2, -0.15) is 0 Å². The number of carbonyl (C=O) groups excluding carboxylic acids is 1. The van der Waals surface area contributed by atoms with Crippen molar-refractivity contribution in [2.75, 3.05) is 26.2 Å². The number of benzene rings is 1. The number of nitrogens with zero attached hydrogens (tertiary/aromatic N) is 4. The van der Waals surface area contributed by atoms with Crippen LogP contribution in [0.4, 0.5) is 0 Å². The average Bonchev–Trinajstić information content (AvgIpc) is 2.95. The molecule has 0 saturated carbocycles. The van der Waals surface area contributed by atoms with E-state index in [1.807, 2.05) is 49.9 Å². The first kappa shape index (κ1) is 21.1. The maximum absolute atomic E-state index is 13.3. The van der Waals surface area contributed by atoms with Crippen LogP contribution in [0.3, 0.4) is 0 Å². The molecule has 1 saturated heterocycles. The van der Waals surface area contributed by atoms with E-state index in [9.17, 15) is 4.79 Å². The third-order valence-electron chi connectivity index (χ3n) is 5.68. The number of aryl methyl sites for hydroxylation is 3. The summed E-state index contributed by atoms with van der Waals surface area (Å²) in [5.74, 6) is 1.82. The minimum Gasteiger partial charge on any atom is -0.438 e. The first-order chi connectivity index (χ1) is 15.0. The normalized spacial score (nSPS) is 15.0. The highest BCUT2D eigenvalue weighted by Crippen LogP contribution is 2.25. The summed E-state index contributed by atoms with van der Waals surface area (Å²) in [7, 11) is 0. The van der Waals surface area contributed by atoms with Gasteiger partial charge in [-0.25, -0.2) is 4.98 Å². The Morgan fingerprint density at radius 3 is 2.61 bits per heavy atom. The molecule has 3 aromatic rings. The summed E-state index contributed by atoms with van der Waals surface area (Å²) in [6, 6.07) is 11.3. The van der Waals surface area contributed by atoms with Crippen molar-refractivity contribution in [2.24, 2.45) is 0 Å². The van der Waals surface area contributed by atoms with Gasteiger partial charge in [0.2, 0.25) is 5.88 Å². The standard InChI is InChI=1S/C24H28N4O3/c1-17-7-9-20(10-8-17)30-23-21(6-4-11-25-23)24(29)28-13-5-12-27(14-15-28)16-22-18(2)26-31-19(22)3/h4,6-11H,5,12-16H2,1-3H3. The zero-order chi connectivity index (χ0) is 21.8. The first-order valence-electron chi connectivity index (χ1n) is 10.6. The average molecular weight is 421 g/mol. The van der Waals surface area contributed by atoms with Crippen LogP contribution in [-0.4, -0.2) is 52.0 Å². The second-order valence-corrected chi connectivity index (χ2v) is 8.00. The van der Waals surface area contributed by atoms with Gasteiger partial charge < -0.3 is 14.2 Å². The zero-order valence-corrected chi connectivity index (χ0v) is 18.3. The molecule has 0 spiro atoms. The predicted molar refractivity (Wildman–Crippen MR) is 117 cm³/mol. The van der Waals surface area contributed by atoms with Gasteiger partial charge in [0.25, 0.3) is 5.91 Å². The van der Waals surface area contributed by atoms with Crippen molar-refractivity contribution in [1.29, 1.82) is 0 Å². The summed E-state index contributed by atoms with van der Waals surface area (Å²) in [6.07, 6.45) is 2.55. The Kier molecular flexibility index (Phi) is 6.32. The van der Waals surface area contributed by atoms with Crippen molar-refractivity contribution in [2.45, 2.75) is 33.7 Å². The quantitative estimate of drug-likeness (QED) is 0.618. The van der Waals surface area contributed by atoms with Gasteiger partial charge in [0.05, 0.1) is 5.69 Å². The van der Waals surface area contributed by atoms with E-state index in [0.29, 0.717) is 30.3 Å². The lowest BCUT2D eigenvalue weighted by molar-refractivity contribution is 0.0757. The topological polar surface area (TPSA) is 71.7 Å². The van der Waals surface area contributed by atoms with Crippen molar-refractivity contribution in [3.63, 3.8) is 0 Å². The van der Waals surface area contributed by atoms with Gasteiger partial charge in [0.15, 0.2) is 0 Å². The highest BCUT2D eigenvalue weighted by molar-refractivity contribution is 5.96. The molecular formula is C24H28N4O3. The third-order valence-corrected chi connectivity index (χ3v) is 5.68. The molecule has 1 amide bonds. The lowest BCUT2D eigenvalue weighted by atomic mass is 10.2. The van der Waals surface area contributed by atoms with E-state index in [1.54, 1.807) is 18.3 Å². The number of amides is 1. The lowest BCUT2D eigenvalue weighted by Gasteiger charge is -2.22. The van der Waals surface area contributed by atoms with E-state index in [0.717, 1.165) is 48.6 Å². The molecule has 1 aliphatic heterocycles. The molecule has 2 aromatic heterocycles. The smallest absolute Gasteiger partial charge is 0.259 e. The fraction of sp³-hybridized carbons (Fsp3) is 0.375. The van der Waals surface area contributed by atoms with Gasteiger partial charge in [-0.15, -0.1) is 0 Å². The Balaban J connectivity index is 1.44. The number of carbonyl (C=O) groups is 1. The largest absolute Gasteiger partial charge is 0.438 e. The molecule has 162 valence electrons. The van der Waals surface area contributed by atoms with Crippen LogP contribution in [0.2, 0.25) is 0 Å². The number of ether oxygens (including phenoxy) is 1. The van der Waals surface area contributed by atoms with Crippen LogP contribution in [0.15, 0.2) is 47.1 Å². The summed E-state index contributed by atoms with van der Waals surface area (Å²) in [6.45, 7) is 9.80. The van der Waals surface area contributed by atoms with Crippen LogP contribution >= 0.6 is 0 Å². The third kappa shape index (κ3) is 4.94. The Morgan fingerprint density at radius 2 is 1.87 bits per heavy atom. The minimum atomic E-state index is -0.0469. The molecule has 0 aliphatic carbocycles. The fourth-order valence-electron chi connectivity index (χ4n) is 3.81. The molecule has 0 bridgehead atoms. The molecule has 1 aliphatic rings. The Labute approximate surface area is 182 Å². The number of pyridine rings is 1. The van der Waals surface area contributed by atoms with Crippen molar-refractivity contribution in [3.8, 4) is 11.6 Å². The Morgan fingerprint density at radius 1 is 1.06 bits per heavy atom. The van der Waals surface area contributed by atoms with Crippen molar-refractivity contribution in [3.05, 3.63) is 70.7 Å². The zero-order valence-electron chi connectivity index (χ0n) is 18.3. The second kappa shape index (κ2) is 9.31. The maximum Gasteiger partial charge on any atom is 0.259 e. The Bertz CT molecular complexity index is 1030. The molecule has 1 aromatic carbocycles. The Hall–Kier alpha value is -3.19. The molecule has 3 heterocycles. The van der Waals surface area contributed by atoms with Gasteiger partial charge in [0, 0.05) is 44.5 Å². The molecule has 0 radical (unpaired) electrons. The van der Waals surface area contributed by atoms with E-state index in [4.69, 9.17) is 9.26 Å². The highest BCUT2D eigenvalue weighted by atomic mass is 16.5. The molecule has 7 heteroatoms. The molecule has 4 rings (SSSR count). The SMILES string of the molecule is Cc1ccc(Oc2ncccc2C(=O)N2CCCN(Cc3c(C)noc3C)CC2)cc1. The van der Waals surface area contributed by atoms with Crippen LogP contribution in [0.5, 0.6) is 11.6 Å². The van der Waals surface area contributed by atoms with Gasteiger partial charge in [-0.05, 0) is 51.5 Å². The number of rotatable bonds is 5. The van der Waals surface area contributed by atoms with E-state index < -0.39 is 0 Å². The van der Waals surface area contributed by atoms with E-state index in [1.165, 1.54) is 0 Å². The van der Waals surface area contributed by atoms with Crippen molar-refractivity contribution in [1.82, 2.24) is 19.9 Å². The maximum atomic E-state index is 13.3. The van der Waals surface area contributed by atoms with E-state index >= 15 is 0 Å². The van der Waals surface area contributed by atoms with Crippen LogP contribution in [0.1, 0.15) is 39.4 Å². The number of hydrogen-bond acceptors (Lipinski definition) is 6. The summed E-state index contributed by atoms with van der Waals surface area (Å²) < 4.78 is 11.2. The lowest BCUT2D eigenvalue weighted by Crippen LogP contribution is -2.35. The summed E-state index contributed by atoms with van der Waals surface area (Å²) in [5, 5.41) is 4.05. The summed E-state index contributed by atoms with van der Waals surface area (Å²) in [4.78, 5) is 21.9. The molecule has 7 nitrogen and oxygen atoms in total. The molecule has 0 unspecified atom stereocenters. The molecule has 0 atom stereocenters. The number of aromatic nitrogens is 2. The van der Waals surface area contributed by atoms with Crippen LogP contribution < -0.4 is 4.74 Å². The van der Waals surface area contributed by atoms with E-state index in [2.05, 4.69) is 15.0 Å². The van der Waals surface area contributed by atoms with Crippen LogP contribution in [-0.2, 0) is 6.54 Å². The minimum absolute atomic E-state index is 0.0469. The van der Waals surface area contributed by atoms with Gasteiger partial charge in [-0.3, -0.25) is 9.69 Å². The second-order valence-electron chi connectivity index (χ2n) is 8.00. The van der Waals surface area contributed by atoms with Crippen molar-refractivity contribution >= 4 is 5.91 Å². The highest BCUT2D eigenvalue weighted by Gasteiger charge is 2.24. The summed E-state index contributed by atoms with van der Waals surface area (Å²) >= 11 is 0. The monoisotopic (exact) mass is 420 g/mol. The number of hydrogen-bond donors (Lipinski definition) is 0. The molecule has 31 heavy (non-hydrogen) atoms. The summed E-state index contributed by atoms with van der Waals surface area (Å²) in [5.41, 5.74) is 3.71. The fourth-order valence-corrected chi connectivity index (χ4v) is 3.81.